The van der Waals surface area contributed by atoms with Crippen LogP contribution in [-0.4, -0.2) is 164 Å². The summed E-state index contributed by atoms with van der Waals surface area (Å²) in [7, 11) is 0. The molecule has 0 amide bonds. The van der Waals surface area contributed by atoms with Gasteiger partial charge in [-0.05, 0) is 89.9 Å². The van der Waals surface area contributed by atoms with Crippen LogP contribution in [0.25, 0.3) is 0 Å². The molecule has 0 aromatic heterocycles. The third-order valence-electron chi connectivity index (χ3n) is 9.17. The van der Waals surface area contributed by atoms with Crippen LogP contribution in [0.4, 0.5) is 0 Å². The molecule has 0 saturated heterocycles. The van der Waals surface area contributed by atoms with Gasteiger partial charge in [0.2, 0.25) is 0 Å². The Labute approximate surface area is 452 Å². The summed E-state index contributed by atoms with van der Waals surface area (Å²) in [5.41, 5.74) is 17.6. The Morgan fingerprint density at radius 3 is 0.986 bits per heavy atom. The quantitative estimate of drug-likeness (QED) is 0.0229. The summed E-state index contributed by atoms with van der Waals surface area (Å²) in [5, 5.41) is 94.4. The number of rotatable bonds is 36. The number of aliphatic hydroxyl groups excluding tert-OH is 6. The minimum Gasteiger partial charge on any atom is -0.548 e. The maximum Gasteiger partial charge on any atom is 2.00 e. The number of carbonyl (C=O) groups is 4. The number of aliphatic carboxylic acids is 4. The molecule has 19 heteroatoms. The van der Waals surface area contributed by atoms with Gasteiger partial charge in [0.25, 0.3) is 0 Å². The molecule has 18 nitrogen and oxygen atoms in total. The second-order valence-electron chi connectivity index (χ2n) is 15.7. The maximum atomic E-state index is 10.3. The Balaban J connectivity index is -0.000000294. The molecule has 0 unspecified atom stereocenters. The fourth-order valence-corrected chi connectivity index (χ4v) is 4.87. The molecule has 0 saturated carbocycles. The number of quaternary nitrogens is 2. The molecule has 0 fully saturated rings. The molecule has 0 bridgehead atoms. The first-order valence-electron chi connectivity index (χ1n) is 24.0. The van der Waals surface area contributed by atoms with Crippen molar-refractivity contribution in [1.29, 1.82) is 0 Å². The Kier molecular flexibility index (Phi) is 61.1. The van der Waals surface area contributed by atoms with Gasteiger partial charge in [-0.15, -0.1) is 0 Å². The van der Waals surface area contributed by atoms with Gasteiger partial charge >= 0.3 is 49.7 Å². The topological polar surface area (TPSA) is 384 Å². The summed E-state index contributed by atoms with van der Waals surface area (Å²) >= 11 is 0. The van der Waals surface area contributed by atoms with Crippen LogP contribution < -0.4 is 33.1 Å². The van der Waals surface area contributed by atoms with Crippen molar-refractivity contribution in [1.82, 2.24) is 0 Å². The molecule has 0 aromatic rings. The fourth-order valence-electron chi connectivity index (χ4n) is 4.87. The monoisotopic (exact) mass is 1030 g/mol. The molecule has 0 radical (unpaired) electrons. The zero-order valence-electron chi connectivity index (χ0n) is 42.2. The summed E-state index contributed by atoms with van der Waals surface area (Å²) < 4.78 is 0. The molecule has 0 aliphatic carbocycles. The standard InChI is InChI=1S/2C20H30O5.2C6H14N2O2.Ca/c2*1-2-17(21)11-8-5-9-14-18(22)12-6-3-4-7-13-19(23)15-10-16-20(24)25;2*7-4-2-1-3-5(8)6(9)10;/h2*3-9,11-13,17-19,21-23H,2,10,14-16H2,1H3,(H,24,25);2*5H,1-4,7-8H2,(H,9,10);/q;;;;+2/b2*4-3+,9-5-,11-8+,12-6+,13-7-;;;/t2*17-,18+,19-;2*5-;/m1100./s1. The Morgan fingerprint density at radius 2 is 0.718 bits per heavy atom. The second-order valence-corrected chi connectivity index (χ2v) is 15.7. The van der Waals surface area contributed by atoms with Gasteiger partial charge in [0.1, 0.15) is 0 Å². The van der Waals surface area contributed by atoms with Crippen molar-refractivity contribution in [3.63, 3.8) is 0 Å². The molecule has 0 aliphatic rings. The number of aliphatic hydroxyl groups is 6. The number of unbranched alkanes of at least 4 members (excludes halogenated alkanes) is 2. The van der Waals surface area contributed by atoms with Crippen LogP contribution in [0.3, 0.4) is 0 Å². The summed E-state index contributed by atoms with van der Waals surface area (Å²) in [6, 6.07) is -1.60. The van der Waals surface area contributed by atoms with Gasteiger partial charge in [-0.25, -0.2) is 0 Å². The van der Waals surface area contributed by atoms with Crippen LogP contribution in [0, 0.1) is 0 Å². The Morgan fingerprint density at radius 1 is 0.437 bits per heavy atom. The van der Waals surface area contributed by atoms with Crippen molar-refractivity contribution in [2.24, 2.45) is 11.5 Å². The number of allylic oxidation sites excluding steroid dienone is 12. The zero-order valence-corrected chi connectivity index (χ0v) is 44.4. The predicted molar refractivity (Wildman–Crippen MR) is 275 cm³/mol. The first kappa shape index (κ1) is 76.1. The van der Waals surface area contributed by atoms with Gasteiger partial charge in [-0.1, -0.05) is 135 Å². The largest absolute Gasteiger partial charge is 2.00 e. The number of carboxylic acid groups (broad SMARTS) is 4. The number of carbonyl (C=O) groups excluding carboxylic acids is 2. The molecular weight excluding hydrogens is 945 g/mol. The maximum absolute atomic E-state index is 10.3. The smallest absolute Gasteiger partial charge is 0.548 e. The minimum atomic E-state index is -1.16. The molecule has 8 atom stereocenters. The number of hydrogen-bond acceptors (Lipinski definition) is 14. The van der Waals surface area contributed by atoms with E-state index < -0.39 is 72.6 Å². The predicted octanol–water partition coefficient (Wildman–Crippen LogP) is 0.381. The van der Waals surface area contributed by atoms with Gasteiger partial charge in [0.05, 0.1) is 61.7 Å². The van der Waals surface area contributed by atoms with Crippen LogP contribution >= 0.6 is 0 Å². The van der Waals surface area contributed by atoms with E-state index in [1.807, 2.05) is 26.0 Å². The van der Waals surface area contributed by atoms with Crippen molar-refractivity contribution < 1.29 is 81.7 Å². The minimum absolute atomic E-state index is 0. The third-order valence-corrected chi connectivity index (χ3v) is 9.17. The Bertz CT molecular complexity index is 1500. The van der Waals surface area contributed by atoms with Gasteiger partial charge in [-0.3, -0.25) is 9.59 Å². The number of hydrogen-bond donors (Lipinski definition) is 12. The van der Waals surface area contributed by atoms with E-state index >= 15 is 0 Å². The molecule has 71 heavy (non-hydrogen) atoms. The molecule has 400 valence electrons. The van der Waals surface area contributed by atoms with E-state index in [0.29, 0.717) is 64.2 Å². The summed E-state index contributed by atoms with van der Waals surface area (Å²) in [6.45, 7) is 5.46. The SMILES string of the molecule is CC[C@@H](O)/C=C/C=C\C[C@@H](O)/C=C/C=C/C=C\[C@@H](O)CCCC(=O)O.CC[C@@H](O)/C=C/C=C\C[C@@H](O)/C=C/C=C/C=C\[C@@H](O)CCCC(=O)O.N[C@@H](CCCC[NH3+])C(=O)[O-].N[C@@H](CCCC[NH3+])C(=O)[O-].[Ca+2]. The average Bonchev–Trinajstić information content (AvgIpc) is 3.31. The van der Waals surface area contributed by atoms with Crippen molar-refractivity contribution in [2.45, 2.75) is 165 Å². The van der Waals surface area contributed by atoms with Gasteiger partial charge in [0, 0.05) is 24.9 Å². The van der Waals surface area contributed by atoms with Crippen molar-refractivity contribution >= 4 is 61.6 Å². The van der Waals surface area contributed by atoms with Crippen LogP contribution in [0.2, 0.25) is 0 Å². The second kappa shape index (κ2) is 57.0. The van der Waals surface area contributed by atoms with Crippen LogP contribution in [-0.2, 0) is 19.2 Å². The number of nitrogens with two attached hydrogens (primary N) is 2. The van der Waals surface area contributed by atoms with Gasteiger partial charge in [0.15, 0.2) is 0 Å². The Hall–Kier alpha value is -3.86. The molecule has 0 aromatic carbocycles. The van der Waals surface area contributed by atoms with E-state index in [0.717, 1.165) is 38.8 Å². The van der Waals surface area contributed by atoms with Crippen molar-refractivity contribution in [3.05, 3.63) is 122 Å². The first-order chi connectivity index (χ1) is 33.3. The van der Waals surface area contributed by atoms with Crippen LogP contribution in [0.15, 0.2) is 122 Å². The average molecular weight is 1030 g/mol. The fraction of sp³-hybridized carbons (Fsp3) is 0.538. The molecule has 0 aliphatic heterocycles. The van der Waals surface area contributed by atoms with Crippen LogP contribution in [0.5, 0.6) is 0 Å². The zero-order chi connectivity index (χ0) is 53.8. The van der Waals surface area contributed by atoms with Crippen LogP contribution in [0.1, 0.15) is 117 Å². The van der Waals surface area contributed by atoms with E-state index in [-0.39, 0.29) is 50.6 Å². The van der Waals surface area contributed by atoms with Gasteiger partial charge in [-0.2, -0.15) is 0 Å². The molecule has 18 N–H and O–H groups in total. The van der Waals surface area contributed by atoms with E-state index in [9.17, 15) is 60.0 Å². The van der Waals surface area contributed by atoms with E-state index in [1.54, 1.807) is 109 Å². The summed E-state index contributed by atoms with van der Waals surface area (Å²) in [4.78, 5) is 40.8. The van der Waals surface area contributed by atoms with Crippen molar-refractivity contribution in [3.8, 4) is 0 Å². The van der Waals surface area contributed by atoms with Crippen molar-refractivity contribution in [2.75, 3.05) is 13.1 Å². The molecular formula is C52H88CaN4O14+2. The number of carboxylic acids is 4. The molecule has 0 spiro atoms. The molecule has 0 heterocycles. The molecule has 0 rings (SSSR count). The first-order valence-corrected chi connectivity index (χ1v) is 24.0. The summed E-state index contributed by atoms with van der Waals surface area (Å²) in [5.74, 6) is -4.04. The van der Waals surface area contributed by atoms with Gasteiger partial charge < -0.3 is 83.6 Å². The van der Waals surface area contributed by atoms with E-state index in [1.165, 1.54) is 0 Å². The summed E-state index contributed by atoms with van der Waals surface area (Å²) in [6.07, 6.45) is 39.7. The normalized spacial score (nSPS) is 15.4. The van der Waals surface area contributed by atoms with E-state index in [4.69, 9.17) is 21.7 Å². The third kappa shape index (κ3) is 66.1. The van der Waals surface area contributed by atoms with E-state index in [2.05, 4.69) is 11.5 Å².